The Labute approximate surface area is 223 Å². The van der Waals surface area contributed by atoms with E-state index in [-0.39, 0.29) is 21.0 Å². The van der Waals surface area contributed by atoms with Crippen LogP contribution in [0.2, 0.25) is 0 Å². The largest absolute Gasteiger partial charge is 0.322 e. The molecule has 10 heteroatoms. The number of amides is 1. The minimum Gasteiger partial charge on any atom is -0.322 e. The van der Waals surface area contributed by atoms with Gasteiger partial charge in [0.05, 0.1) is 21.0 Å². The first-order valence-corrected chi connectivity index (χ1v) is 14.6. The van der Waals surface area contributed by atoms with E-state index in [4.69, 9.17) is 0 Å². The Kier molecular flexibility index (Phi) is 7.56. The van der Waals surface area contributed by atoms with Crippen molar-refractivity contribution in [1.29, 1.82) is 0 Å². The minimum atomic E-state index is -3.91. The average Bonchev–Trinajstić information content (AvgIpc) is 2.90. The minimum absolute atomic E-state index is 0.0281. The molecule has 2 N–H and O–H groups in total. The van der Waals surface area contributed by atoms with E-state index in [0.717, 1.165) is 15.4 Å². The SMILES string of the molecule is Cc1ccc(NS(=O)(=O)c2ccc(NC(=O)c3ccccc3N(C)S(=O)(=O)c3ccc(C)cc3)cc2)cc1. The molecule has 0 saturated carbocycles. The number of rotatable bonds is 8. The van der Waals surface area contributed by atoms with Gasteiger partial charge in [0.15, 0.2) is 0 Å². The van der Waals surface area contributed by atoms with E-state index in [1.807, 2.05) is 13.8 Å². The topological polar surface area (TPSA) is 113 Å². The van der Waals surface area contributed by atoms with Gasteiger partial charge in [-0.05, 0) is 74.5 Å². The maximum atomic E-state index is 13.2. The van der Waals surface area contributed by atoms with Crippen LogP contribution in [0.25, 0.3) is 0 Å². The number of benzene rings is 4. The molecule has 0 fully saturated rings. The van der Waals surface area contributed by atoms with Crippen molar-refractivity contribution in [1.82, 2.24) is 0 Å². The van der Waals surface area contributed by atoms with Gasteiger partial charge in [0.2, 0.25) is 0 Å². The maximum Gasteiger partial charge on any atom is 0.264 e. The second kappa shape index (κ2) is 10.7. The first-order valence-electron chi connectivity index (χ1n) is 11.6. The van der Waals surface area contributed by atoms with Crippen LogP contribution in [0.5, 0.6) is 0 Å². The van der Waals surface area contributed by atoms with Gasteiger partial charge in [-0.3, -0.25) is 13.8 Å². The molecule has 0 aliphatic rings. The number of hydrogen-bond acceptors (Lipinski definition) is 5. The molecule has 1 amide bonds. The van der Waals surface area contributed by atoms with Gasteiger partial charge in [-0.1, -0.05) is 47.5 Å². The summed E-state index contributed by atoms with van der Waals surface area (Å²) in [6.07, 6.45) is 0. The number of carbonyl (C=O) groups excluding carboxylic acids is 1. The Morgan fingerprint density at radius 2 is 1.16 bits per heavy atom. The molecule has 0 unspecified atom stereocenters. The van der Waals surface area contributed by atoms with Crippen molar-refractivity contribution < 1.29 is 21.6 Å². The highest BCUT2D eigenvalue weighted by Gasteiger charge is 2.25. The number of nitrogens with one attached hydrogen (secondary N) is 2. The van der Waals surface area contributed by atoms with Crippen molar-refractivity contribution in [2.24, 2.45) is 0 Å². The van der Waals surface area contributed by atoms with Gasteiger partial charge in [-0.15, -0.1) is 0 Å². The van der Waals surface area contributed by atoms with Crippen LogP contribution in [0, 0.1) is 13.8 Å². The number of anilines is 3. The van der Waals surface area contributed by atoms with E-state index in [2.05, 4.69) is 10.0 Å². The van der Waals surface area contributed by atoms with Crippen molar-refractivity contribution in [2.75, 3.05) is 21.4 Å². The van der Waals surface area contributed by atoms with E-state index in [1.165, 1.54) is 49.5 Å². The predicted molar refractivity (Wildman–Crippen MR) is 150 cm³/mol. The Hall–Kier alpha value is -4.15. The Balaban J connectivity index is 1.53. The summed E-state index contributed by atoms with van der Waals surface area (Å²) in [5, 5.41) is 2.71. The molecule has 4 aromatic carbocycles. The normalized spacial score (nSPS) is 11.6. The molecular weight excluding hydrogens is 522 g/mol. The monoisotopic (exact) mass is 549 g/mol. The van der Waals surface area contributed by atoms with Crippen LogP contribution in [0.15, 0.2) is 107 Å². The molecule has 0 atom stereocenters. The molecule has 0 aliphatic heterocycles. The molecule has 0 saturated heterocycles. The lowest BCUT2D eigenvalue weighted by molar-refractivity contribution is 0.102. The summed E-state index contributed by atoms with van der Waals surface area (Å²) in [4.78, 5) is 13.3. The van der Waals surface area contributed by atoms with Crippen LogP contribution in [0.4, 0.5) is 17.1 Å². The number of sulfonamides is 2. The highest BCUT2D eigenvalue weighted by Crippen LogP contribution is 2.27. The van der Waals surface area contributed by atoms with Crippen molar-refractivity contribution in [2.45, 2.75) is 23.6 Å². The van der Waals surface area contributed by atoms with E-state index >= 15 is 0 Å². The van der Waals surface area contributed by atoms with Gasteiger partial charge >= 0.3 is 0 Å². The van der Waals surface area contributed by atoms with Crippen LogP contribution in [0.1, 0.15) is 21.5 Å². The van der Waals surface area contributed by atoms with E-state index in [0.29, 0.717) is 11.4 Å². The number of aryl methyl sites for hydroxylation is 2. The van der Waals surface area contributed by atoms with E-state index < -0.39 is 26.0 Å². The molecule has 8 nitrogen and oxygen atoms in total. The number of para-hydroxylation sites is 1. The van der Waals surface area contributed by atoms with Gasteiger partial charge in [-0.2, -0.15) is 0 Å². The molecule has 0 bridgehead atoms. The summed E-state index contributed by atoms with van der Waals surface area (Å²) >= 11 is 0. The lowest BCUT2D eigenvalue weighted by Gasteiger charge is -2.22. The van der Waals surface area contributed by atoms with Crippen LogP contribution in [0.3, 0.4) is 0 Å². The zero-order valence-electron chi connectivity index (χ0n) is 21.0. The summed E-state index contributed by atoms with van der Waals surface area (Å²) in [6, 6.07) is 25.5. The zero-order valence-corrected chi connectivity index (χ0v) is 22.7. The molecule has 0 spiro atoms. The van der Waals surface area contributed by atoms with Crippen molar-refractivity contribution in [3.8, 4) is 0 Å². The van der Waals surface area contributed by atoms with Gasteiger partial charge in [0.1, 0.15) is 0 Å². The molecule has 0 radical (unpaired) electrons. The van der Waals surface area contributed by atoms with Gasteiger partial charge in [-0.25, -0.2) is 16.8 Å². The third-order valence-electron chi connectivity index (χ3n) is 5.89. The number of carbonyl (C=O) groups is 1. The van der Waals surface area contributed by atoms with E-state index in [9.17, 15) is 21.6 Å². The highest BCUT2D eigenvalue weighted by molar-refractivity contribution is 7.93. The van der Waals surface area contributed by atoms with Crippen LogP contribution in [-0.4, -0.2) is 29.8 Å². The first kappa shape index (κ1) is 26.9. The van der Waals surface area contributed by atoms with Gasteiger partial charge in [0.25, 0.3) is 26.0 Å². The summed E-state index contributed by atoms with van der Waals surface area (Å²) < 4.78 is 55.4. The lowest BCUT2D eigenvalue weighted by Crippen LogP contribution is -2.29. The molecule has 0 aromatic heterocycles. The lowest BCUT2D eigenvalue weighted by atomic mass is 10.1. The Morgan fingerprint density at radius 1 is 0.658 bits per heavy atom. The van der Waals surface area contributed by atoms with Crippen LogP contribution < -0.4 is 14.3 Å². The van der Waals surface area contributed by atoms with Crippen molar-refractivity contribution in [3.05, 3.63) is 114 Å². The quantitative estimate of drug-likeness (QED) is 0.314. The second-order valence-corrected chi connectivity index (χ2v) is 12.4. The molecule has 0 heterocycles. The molecule has 38 heavy (non-hydrogen) atoms. The van der Waals surface area contributed by atoms with Gasteiger partial charge in [0, 0.05) is 18.4 Å². The fraction of sp³-hybridized carbons (Fsp3) is 0.107. The smallest absolute Gasteiger partial charge is 0.264 e. The van der Waals surface area contributed by atoms with Gasteiger partial charge < -0.3 is 5.32 Å². The molecule has 4 rings (SSSR count). The third kappa shape index (κ3) is 5.87. The van der Waals surface area contributed by atoms with Crippen LogP contribution in [-0.2, 0) is 20.0 Å². The third-order valence-corrected chi connectivity index (χ3v) is 9.08. The summed E-state index contributed by atoms with van der Waals surface area (Å²) in [7, 11) is -6.34. The Bertz CT molecular complexity index is 1670. The zero-order chi connectivity index (χ0) is 27.5. The molecule has 0 aliphatic carbocycles. The molecule has 196 valence electrons. The Morgan fingerprint density at radius 3 is 1.76 bits per heavy atom. The van der Waals surface area contributed by atoms with E-state index in [1.54, 1.807) is 54.6 Å². The fourth-order valence-corrected chi connectivity index (χ4v) is 5.96. The predicted octanol–water partition coefficient (Wildman–Crippen LogP) is 5.18. The van der Waals surface area contributed by atoms with Crippen molar-refractivity contribution >= 4 is 43.0 Å². The maximum absolute atomic E-state index is 13.2. The summed E-state index contributed by atoms with van der Waals surface area (Å²) in [5.74, 6) is -0.542. The van der Waals surface area contributed by atoms with Crippen molar-refractivity contribution in [3.63, 3.8) is 0 Å². The summed E-state index contributed by atoms with van der Waals surface area (Å²) in [5.41, 5.74) is 3.07. The molecule has 4 aromatic rings. The first-order chi connectivity index (χ1) is 18.0. The average molecular weight is 550 g/mol. The standard InChI is InChI=1S/C28H27N3O5S2/c1-20-8-12-23(13-9-20)30-37(33,34)24-18-14-22(15-19-24)29-28(32)26-6-4-5-7-27(26)31(3)38(35,36)25-16-10-21(2)11-17-25/h4-19,30H,1-3H3,(H,29,32). The number of hydrogen-bond donors (Lipinski definition) is 2. The number of nitrogens with zero attached hydrogens (tertiary/aromatic N) is 1. The second-order valence-electron chi connectivity index (χ2n) is 8.75. The summed E-state index contributed by atoms with van der Waals surface area (Å²) in [6.45, 7) is 3.77. The fourth-order valence-electron chi connectivity index (χ4n) is 3.69. The highest BCUT2D eigenvalue weighted by atomic mass is 32.2. The van der Waals surface area contributed by atoms with Crippen LogP contribution >= 0.6 is 0 Å². The molecular formula is C28H27N3O5S2.